The molecule has 0 spiro atoms. The van der Waals surface area contributed by atoms with E-state index in [2.05, 4.69) is 14.6 Å². The molecule has 13 heteroatoms. The molecular formula is C27H33Cl2N5O5S. The van der Waals surface area contributed by atoms with Gasteiger partial charge in [0.05, 0.1) is 34.6 Å². The van der Waals surface area contributed by atoms with Crippen LogP contribution < -0.4 is 9.46 Å². The summed E-state index contributed by atoms with van der Waals surface area (Å²) in [5, 5.41) is 10.7. The second-order valence-electron chi connectivity index (χ2n) is 10.3. The number of fused-ring (bicyclic) bond motifs is 1. The van der Waals surface area contributed by atoms with Gasteiger partial charge >= 0.3 is 0 Å². The lowest BCUT2D eigenvalue weighted by Gasteiger charge is -2.38. The predicted molar refractivity (Wildman–Crippen MR) is 154 cm³/mol. The van der Waals surface area contributed by atoms with Gasteiger partial charge in [-0.05, 0) is 49.9 Å². The molecule has 2 aromatic carbocycles. The van der Waals surface area contributed by atoms with Crippen molar-refractivity contribution < 1.29 is 23.1 Å². The summed E-state index contributed by atoms with van der Waals surface area (Å²) in [7, 11) is -0.335. The highest BCUT2D eigenvalue weighted by molar-refractivity contribution is 7.92. The van der Waals surface area contributed by atoms with Gasteiger partial charge in [0.1, 0.15) is 11.9 Å². The fourth-order valence-corrected chi connectivity index (χ4v) is 5.91. The Bertz CT molecular complexity index is 1480. The van der Waals surface area contributed by atoms with Crippen LogP contribution in [-0.4, -0.2) is 77.7 Å². The van der Waals surface area contributed by atoms with Crippen LogP contribution in [0.3, 0.4) is 0 Å². The number of anilines is 1. The lowest BCUT2D eigenvalue weighted by atomic mass is 9.99. The molecule has 2 heterocycles. The number of aromatic nitrogens is 2. The maximum atomic E-state index is 13.7. The van der Waals surface area contributed by atoms with E-state index in [1.807, 2.05) is 26.1 Å². The Kier molecular flexibility index (Phi) is 9.31. The van der Waals surface area contributed by atoms with Crippen molar-refractivity contribution in [2.24, 2.45) is 13.0 Å². The predicted octanol–water partition coefficient (Wildman–Crippen LogP) is 3.88. The van der Waals surface area contributed by atoms with E-state index in [0.29, 0.717) is 35.4 Å². The largest absolute Gasteiger partial charge is 0.488 e. The van der Waals surface area contributed by atoms with Crippen LogP contribution in [-0.2, 0) is 23.6 Å². The molecule has 2 N–H and O–H groups in total. The molecular weight excluding hydrogens is 577 g/mol. The number of halogens is 2. The molecule has 0 radical (unpaired) electrons. The molecule has 1 aliphatic rings. The third-order valence-corrected chi connectivity index (χ3v) is 8.81. The van der Waals surface area contributed by atoms with Crippen LogP contribution >= 0.6 is 23.2 Å². The van der Waals surface area contributed by atoms with Gasteiger partial charge in [0.25, 0.3) is 15.9 Å². The van der Waals surface area contributed by atoms with Crippen molar-refractivity contribution in [3.63, 3.8) is 0 Å². The van der Waals surface area contributed by atoms with Gasteiger partial charge in [-0.15, -0.1) is 0 Å². The van der Waals surface area contributed by atoms with E-state index < -0.39 is 16.1 Å². The summed E-state index contributed by atoms with van der Waals surface area (Å²) in [6.07, 6.45) is 2.46. The van der Waals surface area contributed by atoms with Gasteiger partial charge in [-0.3, -0.25) is 14.4 Å². The van der Waals surface area contributed by atoms with Gasteiger partial charge in [-0.1, -0.05) is 36.2 Å². The molecule has 1 amide bonds. The number of amides is 1. The Hall–Kier alpha value is -2.83. The van der Waals surface area contributed by atoms with Gasteiger partial charge in [0, 0.05) is 44.5 Å². The maximum absolute atomic E-state index is 13.7. The third-order valence-electron chi connectivity index (χ3n) is 6.80. The zero-order valence-electron chi connectivity index (χ0n) is 22.7. The van der Waals surface area contributed by atoms with E-state index in [0.717, 1.165) is 5.56 Å². The van der Waals surface area contributed by atoms with Gasteiger partial charge in [0.2, 0.25) is 0 Å². The molecule has 1 aliphatic heterocycles. The second kappa shape index (κ2) is 12.4. The van der Waals surface area contributed by atoms with Gasteiger partial charge in [0.15, 0.2) is 5.03 Å². The number of hydrogen-bond donors (Lipinski definition) is 2. The fourth-order valence-electron chi connectivity index (χ4n) is 4.56. The molecule has 216 valence electrons. The van der Waals surface area contributed by atoms with E-state index in [1.165, 1.54) is 23.2 Å². The van der Waals surface area contributed by atoms with Gasteiger partial charge in [-0.2, -0.15) is 8.42 Å². The van der Waals surface area contributed by atoms with Crippen molar-refractivity contribution in [2.45, 2.75) is 37.6 Å². The first-order valence-electron chi connectivity index (χ1n) is 12.7. The number of carbonyl (C=O) groups excluding carboxylic acids is 1. The van der Waals surface area contributed by atoms with Crippen molar-refractivity contribution in [3.05, 3.63) is 70.1 Å². The van der Waals surface area contributed by atoms with Crippen LogP contribution in [0.2, 0.25) is 10.0 Å². The summed E-state index contributed by atoms with van der Waals surface area (Å²) < 4.78 is 36.1. The molecule has 40 heavy (non-hydrogen) atoms. The number of benzene rings is 2. The molecule has 4 rings (SSSR count). The summed E-state index contributed by atoms with van der Waals surface area (Å²) in [4.78, 5) is 21.3. The number of rotatable bonds is 9. The van der Waals surface area contributed by atoms with Crippen LogP contribution in [0.15, 0.2) is 53.9 Å². The highest BCUT2D eigenvalue weighted by Crippen LogP contribution is 2.31. The van der Waals surface area contributed by atoms with E-state index in [-0.39, 0.29) is 40.8 Å². The van der Waals surface area contributed by atoms with E-state index in [4.69, 9.17) is 27.9 Å². The molecule has 3 aromatic rings. The quantitative estimate of drug-likeness (QED) is 0.378. The first kappa shape index (κ1) is 30.1. The molecule has 0 unspecified atom stereocenters. The topological polar surface area (TPSA) is 117 Å². The number of likely N-dealkylation sites (N-methyl/N-ethyl adjacent to an activating group) is 1. The summed E-state index contributed by atoms with van der Waals surface area (Å²) in [6.45, 7) is 5.02. The molecule has 0 fully saturated rings. The molecule has 0 saturated heterocycles. The number of nitrogens with zero attached hydrogens (tertiary/aromatic N) is 4. The number of aliphatic hydroxyl groups excluding tert-OH is 1. The number of nitrogens with one attached hydrogen (secondary N) is 1. The molecule has 0 bridgehead atoms. The lowest BCUT2D eigenvalue weighted by Crippen LogP contribution is -2.49. The van der Waals surface area contributed by atoms with E-state index in [1.54, 1.807) is 37.1 Å². The number of ether oxygens (including phenoxy) is 1. The molecule has 10 nitrogen and oxygen atoms in total. The maximum Gasteiger partial charge on any atom is 0.280 e. The highest BCUT2D eigenvalue weighted by Gasteiger charge is 2.34. The van der Waals surface area contributed by atoms with Crippen molar-refractivity contribution in [2.75, 3.05) is 31.5 Å². The van der Waals surface area contributed by atoms with Crippen LogP contribution in [0, 0.1) is 5.92 Å². The number of sulfonamides is 1. The van der Waals surface area contributed by atoms with Gasteiger partial charge in [-0.25, -0.2) is 4.98 Å². The van der Waals surface area contributed by atoms with Crippen molar-refractivity contribution in [1.29, 1.82) is 0 Å². The average molecular weight is 611 g/mol. The summed E-state index contributed by atoms with van der Waals surface area (Å²) in [5.41, 5.74) is 1.39. The Morgan fingerprint density at radius 1 is 1.23 bits per heavy atom. The summed E-state index contributed by atoms with van der Waals surface area (Å²) >= 11 is 12.2. The van der Waals surface area contributed by atoms with Crippen molar-refractivity contribution in [1.82, 2.24) is 19.4 Å². The monoisotopic (exact) mass is 609 g/mol. The van der Waals surface area contributed by atoms with E-state index in [9.17, 15) is 18.3 Å². The van der Waals surface area contributed by atoms with Crippen LogP contribution in [0.5, 0.6) is 5.75 Å². The number of aryl methyl sites for hydroxylation is 1. The number of hydrogen-bond acceptors (Lipinski definition) is 7. The standard InChI is InChI=1S/C27H33Cl2N5O5S/c1-17-11-34(18(2)15-35)27(36)21-10-20(31-40(37,38)26-14-33(4)16-30-26)6-8-24(21)39-25(17)13-32(3)12-19-5-7-22(28)23(29)9-19/h5-10,14,16-18,25,31,35H,11-13,15H2,1-4H3/t17-,18+,25-/m1/s1. The fraction of sp³-hybridized carbons (Fsp3) is 0.407. The minimum absolute atomic E-state index is 0.0790. The normalized spacial score (nSPS) is 18.6. The second-order valence-corrected chi connectivity index (χ2v) is 12.7. The average Bonchev–Trinajstić information content (AvgIpc) is 3.35. The van der Waals surface area contributed by atoms with Crippen LogP contribution in [0.1, 0.15) is 29.8 Å². The molecule has 0 aliphatic carbocycles. The number of carbonyl (C=O) groups is 1. The minimum Gasteiger partial charge on any atom is -0.488 e. The third kappa shape index (κ3) is 6.90. The summed E-state index contributed by atoms with van der Waals surface area (Å²) in [6, 6.07) is 9.66. The molecule has 0 saturated carbocycles. The smallest absolute Gasteiger partial charge is 0.280 e. The Morgan fingerprint density at radius 3 is 2.62 bits per heavy atom. The van der Waals surface area contributed by atoms with Crippen molar-refractivity contribution >= 4 is 44.8 Å². The lowest BCUT2D eigenvalue weighted by molar-refractivity contribution is 0.0341. The van der Waals surface area contributed by atoms with Crippen LogP contribution in [0.25, 0.3) is 0 Å². The van der Waals surface area contributed by atoms with E-state index >= 15 is 0 Å². The SMILES string of the molecule is C[C@@H]1CN([C@@H](C)CO)C(=O)c2cc(NS(=O)(=O)c3cn(C)cn3)ccc2O[C@@H]1CN(C)Cc1ccc(Cl)c(Cl)c1. The van der Waals surface area contributed by atoms with Crippen molar-refractivity contribution in [3.8, 4) is 5.75 Å². The zero-order valence-corrected chi connectivity index (χ0v) is 25.0. The van der Waals surface area contributed by atoms with Crippen LogP contribution in [0.4, 0.5) is 5.69 Å². The minimum atomic E-state index is -3.97. The first-order valence-corrected chi connectivity index (χ1v) is 15.0. The number of aliphatic hydroxyl groups is 1. The zero-order chi connectivity index (χ0) is 29.2. The van der Waals surface area contributed by atoms with Gasteiger partial charge < -0.3 is 19.3 Å². The Morgan fingerprint density at radius 2 is 1.98 bits per heavy atom. The highest BCUT2D eigenvalue weighted by atomic mass is 35.5. The molecule has 3 atom stereocenters. The summed E-state index contributed by atoms with van der Waals surface area (Å²) in [5.74, 6) is -0.102. The first-order chi connectivity index (χ1) is 18.9. The Balaban J connectivity index is 1.62. The Labute approximate surface area is 244 Å². The number of imidazole rings is 1. The molecule has 1 aromatic heterocycles.